The summed E-state index contributed by atoms with van der Waals surface area (Å²) in [6.45, 7) is 4.11. The molecule has 4 heteroatoms. The summed E-state index contributed by atoms with van der Waals surface area (Å²) in [5.74, 6) is 0.856. The maximum atomic E-state index is 6.17. The molecule has 2 rings (SSSR count). The average molecular weight is 345 g/mol. The highest BCUT2D eigenvalue weighted by Crippen LogP contribution is 2.38. The van der Waals surface area contributed by atoms with E-state index in [4.69, 9.17) is 5.73 Å². The van der Waals surface area contributed by atoms with E-state index in [9.17, 15) is 0 Å². The zero-order chi connectivity index (χ0) is 13.9. The van der Waals surface area contributed by atoms with E-state index in [0.717, 1.165) is 19.0 Å². The predicted octanol–water partition coefficient (Wildman–Crippen LogP) is 4.24. The highest BCUT2D eigenvalue weighted by atomic mass is 79.9. The van der Waals surface area contributed by atoms with Crippen molar-refractivity contribution in [2.24, 2.45) is 11.7 Å². The molecule has 0 aliphatic heterocycles. The van der Waals surface area contributed by atoms with Gasteiger partial charge in [-0.2, -0.15) is 0 Å². The van der Waals surface area contributed by atoms with Crippen LogP contribution >= 0.6 is 27.3 Å². The number of likely N-dealkylation sites (N-methyl/N-ethyl adjacent to an activating group) is 1. The Hall–Kier alpha value is 0.100. The second-order valence-corrected chi connectivity index (χ2v) is 8.20. The molecule has 2 nitrogen and oxygen atoms in total. The Labute approximate surface area is 129 Å². The van der Waals surface area contributed by atoms with E-state index in [1.165, 1.54) is 41.5 Å². The van der Waals surface area contributed by atoms with Gasteiger partial charge in [0.25, 0.3) is 0 Å². The van der Waals surface area contributed by atoms with Crippen molar-refractivity contribution in [2.45, 2.75) is 51.1 Å². The first-order valence-electron chi connectivity index (χ1n) is 7.24. The smallest absolute Gasteiger partial charge is 0.0701 e. The number of nitrogens with zero attached hydrogens (tertiary/aromatic N) is 1. The van der Waals surface area contributed by atoms with Gasteiger partial charge < -0.3 is 5.73 Å². The van der Waals surface area contributed by atoms with Gasteiger partial charge in [-0.25, -0.2) is 0 Å². The zero-order valence-corrected chi connectivity index (χ0v) is 14.4. The fraction of sp³-hybridized carbons (Fsp3) is 0.733. The third kappa shape index (κ3) is 3.60. The maximum absolute atomic E-state index is 6.17. The first kappa shape index (κ1) is 15.5. The van der Waals surface area contributed by atoms with Gasteiger partial charge in [-0.05, 0) is 58.7 Å². The molecule has 2 unspecified atom stereocenters. The van der Waals surface area contributed by atoms with Crippen molar-refractivity contribution >= 4 is 27.3 Å². The zero-order valence-electron chi connectivity index (χ0n) is 12.0. The van der Waals surface area contributed by atoms with Gasteiger partial charge in [0.15, 0.2) is 0 Å². The van der Waals surface area contributed by atoms with Crippen LogP contribution in [0.1, 0.15) is 44.6 Å². The Kier molecular flexibility index (Phi) is 5.46. The minimum absolute atomic E-state index is 0.216. The van der Waals surface area contributed by atoms with E-state index in [1.54, 1.807) is 11.3 Å². The molecule has 0 amide bonds. The summed E-state index contributed by atoms with van der Waals surface area (Å²) in [4.78, 5) is 2.50. The van der Waals surface area contributed by atoms with E-state index in [2.05, 4.69) is 46.2 Å². The van der Waals surface area contributed by atoms with Crippen molar-refractivity contribution in [1.29, 1.82) is 0 Å². The van der Waals surface area contributed by atoms with Gasteiger partial charge in [0.05, 0.1) is 3.79 Å². The molecule has 108 valence electrons. The fourth-order valence-corrected chi connectivity index (χ4v) is 4.57. The molecule has 1 aromatic heterocycles. The molecule has 1 fully saturated rings. The molecule has 1 aromatic rings. The van der Waals surface area contributed by atoms with E-state index in [0.29, 0.717) is 0 Å². The Morgan fingerprint density at radius 1 is 1.58 bits per heavy atom. The summed E-state index contributed by atoms with van der Waals surface area (Å²) < 4.78 is 1.22. The van der Waals surface area contributed by atoms with Crippen molar-refractivity contribution in [3.63, 3.8) is 0 Å². The fourth-order valence-electron chi connectivity index (χ4n) is 3.37. The van der Waals surface area contributed by atoms with Crippen LogP contribution < -0.4 is 5.73 Å². The second-order valence-electron chi connectivity index (χ2n) is 5.91. The third-order valence-corrected chi connectivity index (χ3v) is 6.28. The van der Waals surface area contributed by atoms with Gasteiger partial charge in [-0.3, -0.25) is 4.90 Å². The van der Waals surface area contributed by atoms with Crippen molar-refractivity contribution < 1.29 is 0 Å². The van der Waals surface area contributed by atoms with E-state index in [-0.39, 0.29) is 5.54 Å². The van der Waals surface area contributed by atoms with E-state index in [1.807, 2.05) is 0 Å². The molecule has 1 aliphatic carbocycles. The molecule has 0 saturated heterocycles. The lowest BCUT2D eigenvalue weighted by atomic mass is 9.73. The number of hydrogen-bond donors (Lipinski definition) is 1. The Balaban J connectivity index is 2.07. The molecular formula is C15H25BrN2S. The summed E-state index contributed by atoms with van der Waals surface area (Å²) in [6, 6.07) is 2.23. The standard InChI is InChI=1S/C15H25BrN2S/c1-3-12-5-4-6-15(8-12,11-17)18(2)9-13-7-14(16)19-10-13/h7,10,12H,3-6,8-9,11,17H2,1-2H3. The van der Waals surface area contributed by atoms with Crippen molar-refractivity contribution in [3.05, 3.63) is 20.8 Å². The molecule has 1 saturated carbocycles. The molecule has 2 N–H and O–H groups in total. The average Bonchev–Trinajstić information content (AvgIpc) is 2.84. The van der Waals surface area contributed by atoms with Crippen LogP contribution in [-0.4, -0.2) is 24.0 Å². The molecule has 0 radical (unpaired) electrons. The number of halogens is 1. The van der Waals surface area contributed by atoms with Gasteiger partial charge in [-0.1, -0.05) is 26.2 Å². The quantitative estimate of drug-likeness (QED) is 0.865. The van der Waals surface area contributed by atoms with E-state index >= 15 is 0 Å². The number of hydrogen-bond acceptors (Lipinski definition) is 3. The van der Waals surface area contributed by atoms with Crippen molar-refractivity contribution in [1.82, 2.24) is 4.90 Å². The van der Waals surface area contributed by atoms with Crippen LogP contribution in [0.3, 0.4) is 0 Å². The van der Waals surface area contributed by atoms with Crippen molar-refractivity contribution in [3.8, 4) is 0 Å². The van der Waals surface area contributed by atoms with Crippen molar-refractivity contribution in [2.75, 3.05) is 13.6 Å². The summed E-state index contributed by atoms with van der Waals surface area (Å²) in [6.07, 6.45) is 6.52. The van der Waals surface area contributed by atoms with Gasteiger partial charge >= 0.3 is 0 Å². The number of thiophene rings is 1. The SMILES string of the molecule is CCC1CCCC(CN)(N(C)Cc2csc(Br)c2)C1. The van der Waals surface area contributed by atoms with Gasteiger partial charge in [0.2, 0.25) is 0 Å². The Morgan fingerprint density at radius 3 is 2.95 bits per heavy atom. The van der Waals surface area contributed by atoms with Crippen LogP contribution in [-0.2, 0) is 6.54 Å². The number of nitrogens with two attached hydrogens (primary N) is 1. The van der Waals surface area contributed by atoms with Crippen LogP contribution in [0.2, 0.25) is 0 Å². The molecule has 2 atom stereocenters. The van der Waals surface area contributed by atoms with Gasteiger partial charge in [0, 0.05) is 18.6 Å². The highest BCUT2D eigenvalue weighted by molar-refractivity contribution is 9.11. The monoisotopic (exact) mass is 344 g/mol. The minimum Gasteiger partial charge on any atom is -0.329 e. The summed E-state index contributed by atoms with van der Waals surface area (Å²) in [5.41, 5.74) is 7.78. The normalized spacial score (nSPS) is 27.9. The Bertz CT molecular complexity index is 407. The van der Waals surface area contributed by atoms with Gasteiger partial charge in [-0.15, -0.1) is 11.3 Å². The topological polar surface area (TPSA) is 29.3 Å². The molecule has 19 heavy (non-hydrogen) atoms. The minimum atomic E-state index is 0.216. The molecule has 1 aliphatic rings. The van der Waals surface area contributed by atoms with Crippen LogP contribution in [0.25, 0.3) is 0 Å². The predicted molar refractivity (Wildman–Crippen MR) is 87.5 cm³/mol. The lowest BCUT2D eigenvalue weighted by Crippen LogP contribution is -2.54. The molecule has 0 spiro atoms. The maximum Gasteiger partial charge on any atom is 0.0701 e. The number of rotatable bonds is 5. The highest BCUT2D eigenvalue weighted by Gasteiger charge is 2.37. The summed E-state index contributed by atoms with van der Waals surface area (Å²) >= 11 is 5.31. The lowest BCUT2D eigenvalue weighted by molar-refractivity contribution is 0.0505. The molecule has 0 bridgehead atoms. The molecule has 1 heterocycles. The lowest BCUT2D eigenvalue weighted by Gasteiger charge is -2.46. The third-order valence-electron chi connectivity index (χ3n) is 4.73. The molecule has 0 aromatic carbocycles. The van der Waals surface area contributed by atoms with Crippen LogP contribution in [0.15, 0.2) is 15.2 Å². The van der Waals surface area contributed by atoms with Gasteiger partial charge in [0.1, 0.15) is 0 Å². The van der Waals surface area contributed by atoms with Crippen LogP contribution in [0.4, 0.5) is 0 Å². The summed E-state index contributed by atoms with van der Waals surface area (Å²) in [5, 5.41) is 2.24. The van der Waals surface area contributed by atoms with E-state index < -0.39 is 0 Å². The summed E-state index contributed by atoms with van der Waals surface area (Å²) in [7, 11) is 2.25. The first-order valence-corrected chi connectivity index (χ1v) is 8.91. The largest absolute Gasteiger partial charge is 0.329 e. The van der Waals surface area contributed by atoms with Crippen LogP contribution in [0.5, 0.6) is 0 Å². The Morgan fingerprint density at radius 2 is 2.37 bits per heavy atom. The first-order chi connectivity index (χ1) is 9.09. The molecular weight excluding hydrogens is 320 g/mol. The second kappa shape index (κ2) is 6.70. The van der Waals surface area contributed by atoms with Crippen LogP contribution in [0, 0.1) is 5.92 Å².